The Kier molecular flexibility index (Phi) is 3.06. The van der Waals surface area contributed by atoms with Crippen LogP contribution in [0.15, 0.2) is 45.6 Å². The number of benzene rings is 2. The molecule has 1 aromatic heterocycles. The van der Waals surface area contributed by atoms with Gasteiger partial charge in [-0.05, 0) is 29.8 Å². The number of alkyl halides is 1. The summed E-state index contributed by atoms with van der Waals surface area (Å²) in [5.41, 5.74) is 0.990. The standard InChI is InChI=1S/C14H8ClF2NO2/c15-13(12-8(16)2-1-3-9(12)17)7-4-5-10-11(6-7)20-14(19)18-10/h1-6,13H,(H,18,19). The minimum absolute atomic E-state index is 0.230. The quantitative estimate of drug-likeness (QED) is 0.732. The maximum Gasteiger partial charge on any atom is 0.417 e. The van der Waals surface area contributed by atoms with E-state index in [4.69, 9.17) is 16.0 Å². The van der Waals surface area contributed by atoms with Gasteiger partial charge in [0.15, 0.2) is 5.58 Å². The lowest BCUT2D eigenvalue weighted by atomic mass is 10.0. The molecule has 1 N–H and O–H groups in total. The molecule has 1 unspecified atom stereocenters. The number of nitrogens with one attached hydrogen (secondary N) is 1. The number of hydrogen-bond donors (Lipinski definition) is 1. The number of aromatic amines is 1. The number of oxazole rings is 1. The highest BCUT2D eigenvalue weighted by molar-refractivity contribution is 6.22. The van der Waals surface area contributed by atoms with Crippen molar-refractivity contribution in [2.24, 2.45) is 0 Å². The minimum Gasteiger partial charge on any atom is -0.408 e. The van der Waals surface area contributed by atoms with E-state index in [1.165, 1.54) is 12.1 Å². The zero-order valence-electron chi connectivity index (χ0n) is 9.99. The fourth-order valence-electron chi connectivity index (χ4n) is 2.04. The Labute approximate surface area is 116 Å². The Bertz CT molecular complexity index is 820. The van der Waals surface area contributed by atoms with Crippen molar-refractivity contribution < 1.29 is 13.2 Å². The summed E-state index contributed by atoms with van der Waals surface area (Å²) >= 11 is 6.14. The zero-order chi connectivity index (χ0) is 14.3. The van der Waals surface area contributed by atoms with Crippen LogP contribution in [0.5, 0.6) is 0 Å². The Balaban J connectivity index is 2.12. The summed E-state index contributed by atoms with van der Waals surface area (Å²) in [5, 5.41) is -1.01. The lowest BCUT2D eigenvalue weighted by Crippen LogP contribution is -2.00. The van der Waals surface area contributed by atoms with Crippen molar-refractivity contribution in [3.05, 3.63) is 69.7 Å². The Hall–Kier alpha value is -2.14. The topological polar surface area (TPSA) is 46.0 Å². The highest BCUT2D eigenvalue weighted by Crippen LogP contribution is 2.33. The van der Waals surface area contributed by atoms with Crippen LogP contribution in [0.2, 0.25) is 0 Å². The van der Waals surface area contributed by atoms with Crippen LogP contribution in [0, 0.1) is 11.6 Å². The molecular weight excluding hydrogens is 288 g/mol. The molecule has 0 bridgehead atoms. The van der Waals surface area contributed by atoms with Gasteiger partial charge in [-0.15, -0.1) is 11.6 Å². The van der Waals surface area contributed by atoms with Gasteiger partial charge in [0, 0.05) is 5.56 Å². The molecular formula is C14H8ClF2NO2. The SMILES string of the molecule is O=c1[nH]c2ccc(C(Cl)c3c(F)cccc3F)cc2o1. The maximum absolute atomic E-state index is 13.7. The minimum atomic E-state index is -1.01. The summed E-state index contributed by atoms with van der Waals surface area (Å²) in [6.45, 7) is 0. The first kappa shape index (κ1) is 12.9. The average molecular weight is 296 g/mol. The number of fused-ring (bicyclic) bond motifs is 1. The molecule has 0 aliphatic rings. The molecule has 1 heterocycles. The van der Waals surface area contributed by atoms with Crippen molar-refractivity contribution >= 4 is 22.7 Å². The van der Waals surface area contributed by atoms with Crippen LogP contribution in [0.4, 0.5) is 8.78 Å². The molecule has 6 heteroatoms. The van der Waals surface area contributed by atoms with Crippen molar-refractivity contribution in [2.45, 2.75) is 5.38 Å². The van der Waals surface area contributed by atoms with Gasteiger partial charge in [0.25, 0.3) is 0 Å². The molecule has 20 heavy (non-hydrogen) atoms. The van der Waals surface area contributed by atoms with E-state index in [9.17, 15) is 13.6 Å². The molecule has 0 saturated carbocycles. The second-order valence-corrected chi connectivity index (χ2v) is 4.70. The summed E-state index contributed by atoms with van der Waals surface area (Å²) in [6, 6.07) is 8.19. The highest BCUT2D eigenvalue weighted by atomic mass is 35.5. The van der Waals surface area contributed by atoms with Gasteiger partial charge in [0.2, 0.25) is 0 Å². The summed E-state index contributed by atoms with van der Waals surface area (Å²) < 4.78 is 32.3. The number of aromatic nitrogens is 1. The first-order valence-electron chi connectivity index (χ1n) is 5.77. The summed E-state index contributed by atoms with van der Waals surface area (Å²) in [6.07, 6.45) is 0. The largest absolute Gasteiger partial charge is 0.417 e. The smallest absolute Gasteiger partial charge is 0.408 e. The van der Waals surface area contributed by atoms with E-state index in [-0.39, 0.29) is 11.1 Å². The monoisotopic (exact) mass is 295 g/mol. The summed E-state index contributed by atoms with van der Waals surface area (Å²) in [5.74, 6) is -2.04. The van der Waals surface area contributed by atoms with E-state index in [0.717, 1.165) is 12.1 Å². The van der Waals surface area contributed by atoms with Gasteiger partial charge < -0.3 is 4.42 Å². The van der Waals surface area contributed by atoms with Crippen molar-refractivity contribution in [3.63, 3.8) is 0 Å². The molecule has 0 radical (unpaired) electrons. The number of H-pyrrole nitrogens is 1. The predicted octanol–water partition coefficient (Wildman–Crippen LogP) is 3.73. The first-order chi connectivity index (χ1) is 9.56. The van der Waals surface area contributed by atoms with Crippen LogP contribution in [0.3, 0.4) is 0 Å². The highest BCUT2D eigenvalue weighted by Gasteiger charge is 2.20. The van der Waals surface area contributed by atoms with Crippen LogP contribution >= 0.6 is 11.6 Å². The van der Waals surface area contributed by atoms with Gasteiger partial charge in [-0.25, -0.2) is 13.6 Å². The second-order valence-electron chi connectivity index (χ2n) is 4.27. The van der Waals surface area contributed by atoms with Crippen molar-refractivity contribution in [1.82, 2.24) is 4.98 Å². The maximum atomic E-state index is 13.7. The lowest BCUT2D eigenvalue weighted by Gasteiger charge is -2.12. The molecule has 0 spiro atoms. The molecule has 0 fully saturated rings. The van der Waals surface area contributed by atoms with Gasteiger partial charge in [-0.3, -0.25) is 4.98 Å². The molecule has 1 atom stereocenters. The first-order valence-corrected chi connectivity index (χ1v) is 6.20. The third-order valence-corrected chi connectivity index (χ3v) is 3.46. The van der Waals surface area contributed by atoms with Crippen molar-refractivity contribution in [3.8, 4) is 0 Å². The Morgan fingerprint density at radius 3 is 2.55 bits per heavy atom. The van der Waals surface area contributed by atoms with Crippen LogP contribution in [0.1, 0.15) is 16.5 Å². The summed E-state index contributed by atoms with van der Waals surface area (Å²) in [4.78, 5) is 13.5. The van der Waals surface area contributed by atoms with Gasteiger partial charge in [0.05, 0.1) is 10.9 Å². The predicted molar refractivity (Wildman–Crippen MR) is 70.9 cm³/mol. The zero-order valence-corrected chi connectivity index (χ0v) is 10.7. The van der Waals surface area contributed by atoms with Crippen molar-refractivity contribution in [1.29, 1.82) is 0 Å². The number of hydrogen-bond acceptors (Lipinski definition) is 2. The van der Waals surface area contributed by atoms with Gasteiger partial charge in [0.1, 0.15) is 11.6 Å². The molecule has 3 nitrogen and oxygen atoms in total. The third-order valence-electron chi connectivity index (χ3n) is 2.99. The molecule has 0 aliphatic heterocycles. The molecule has 0 saturated heterocycles. The molecule has 2 aromatic carbocycles. The molecule has 0 aliphatic carbocycles. The van der Waals surface area contributed by atoms with Gasteiger partial charge in [-0.1, -0.05) is 12.1 Å². The van der Waals surface area contributed by atoms with Crippen LogP contribution in [-0.2, 0) is 0 Å². The van der Waals surface area contributed by atoms with Gasteiger partial charge >= 0.3 is 5.76 Å². The van der Waals surface area contributed by atoms with E-state index in [2.05, 4.69) is 4.98 Å². The summed E-state index contributed by atoms with van der Waals surface area (Å²) in [7, 11) is 0. The molecule has 3 rings (SSSR count). The lowest BCUT2D eigenvalue weighted by molar-refractivity contribution is 0.553. The Morgan fingerprint density at radius 2 is 1.85 bits per heavy atom. The number of halogens is 3. The molecule has 102 valence electrons. The van der Waals surface area contributed by atoms with Gasteiger partial charge in [-0.2, -0.15) is 0 Å². The average Bonchev–Trinajstić information content (AvgIpc) is 2.77. The fraction of sp³-hybridized carbons (Fsp3) is 0.0714. The van der Waals surface area contributed by atoms with E-state index in [0.29, 0.717) is 11.1 Å². The fourth-order valence-corrected chi connectivity index (χ4v) is 2.38. The Morgan fingerprint density at radius 1 is 1.15 bits per heavy atom. The van der Waals surface area contributed by atoms with E-state index >= 15 is 0 Å². The second kappa shape index (κ2) is 4.76. The van der Waals surface area contributed by atoms with E-state index in [1.54, 1.807) is 12.1 Å². The molecule has 0 amide bonds. The van der Waals surface area contributed by atoms with E-state index in [1.807, 2.05) is 0 Å². The van der Waals surface area contributed by atoms with E-state index < -0.39 is 22.8 Å². The van der Waals surface area contributed by atoms with Crippen LogP contribution < -0.4 is 5.76 Å². The normalized spacial score (nSPS) is 12.8. The number of rotatable bonds is 2. The van der Waals surface area contributed by atoms with Crippen LogP contribution in [-0.4, -0.2) is 4.98 Å². The third kappa shape index (κ3) is 2.10. The molecule has 3 aromatic rings. The van der Waals surface area contributed by atoms with Crippen molar-refractivity contribution in [2.75, 3.05) is 0 Å². The van der Waals surface area contributed by atoms with Crippen LogP contribution in [0.25, 0.3) is 11.1 Å².